The first kappa shape index (κ1) is 23.9. The number of hydrogen-bond donors (Lipinski definition) is 1. The number of thiazole rings is 1. The van der Waals surface area contributed by atoms with E-state index in [1.54, 1.807) is 16.2 Å². The SMILES string of the molecule is C/C=C(/C)N=C(C)C(C)C(=O)N1CCCC1C(=O)NCc1ccc(-c2scnc2C)cc1. The molecule has 0 saturated carbocycles. The van der Waals surface area contributed by atoms with E-state index in [9.17, 15) is 9.59 Å². The molecule has 0 spiro atoms. The average molecular weight is 453 g/mol. The van der Waals surface area contributed by atoms with Crippen LogP contribution in [0.15, 0.2) is 46.5 Å². The molecule has 2 amide bonds. The second-order valence-corrected chi connectivity index (χ2v) is 9.13. The zero-order chi connectivity index (χ0) is 23.3. The molecule has 3 rings (SSSR count). The molecule has 1 aliphatic rings. The molecule has 1 aromatic carbocycles. The number of aryl methyl sites for hydroxylation is 1. The smallest absolute Gasteiger partial charge is 0.243 e. The van der Waals surface area contributed by atoms with Gasteiger partial charge in [0.15, 0.2) is 0 Å². The summed E-state index contributed by atoms with van der Waals surface area (Å²) >= 11 is 1.63. The number of likely N-dealkylation sites (tertiary alicyclic amines) is 1. The Kier molecular flexibility index (Phi) is 7.96. The van der Waals surface area contributed by atoms with Gasteiger partial charge in [-0.3, -0.25) is 14.6 Å². The summed E-state index contributed by atoms with van der Waals surface area (Å²) in [6.07, 6.45) is 3.44. The van der Waals surface area contributed by atoms with Crippen molar-refractivity contribution < 1.29 is 9.59 Å². The van der Waals surface area contributed by atoms with Crippen molar-refractivity contribution in [1.29, 1.82) is 0 Å². The summed E-state index contributed by atoms with van der Waals surface area (Å²) in [6, 6.07) is 7.75. The summed E-state index contributed by atoms with van der Waals surface area (Å²) in [5, 5.41) is 3.02. The highest BCUT2D eigenvalue weighted by molar-refractivity contribution is 7.13. The molecule has 170 valence electrons. The maximum atomic E-state index is 13.1. The second kappa shape index (κ2) is 10.7. The highest BCUT2D eigenvalue weighted by Crippen LogP contribution is 2.27. The fourth-order valence-electron chi connectivity index (χ4n) is 3.83. The molecule has 1 fully saturated rings. The molecular weight excluding hydrogens is 420 g/mol. The first-order valence-corrected chi connectivity index (χ1v) is 12.0. The van der Waals surface area contributed by atoms with Crippen molar-refractivity contribution in [2.45, 2.75) is 60.0 Å². The normalized spacial score (nSPS) is 18.0. The Morgan fingerprint density at radius 2 is 2.03 bits per heavy atom. The third-order valence-electron chi connectivity index (χ3n) is 6.03. The highest BCUT2D eigenvalue weighted by Gasteiger charge is 2.36. The summed E-state index contributed by atoms with van der Waals surface area (Å²) in [5.41, 5.74) is 6.69. The van der Waals surface area contributed by atoms with Crippen molar-refractivity contribution >= 4 is 28.9 Å². The molecule has 2 heterocycles. The minimum Gasteiger partial charge on any atom is -0.350 e. The van der Waals surface area contributed by atoms with Gasteiger partial charge in [0.2, 0.25) is 11.8 Å². The standard InChI is InChI=1S/C25H32N4O2S/c1-6-16(2)28-18(4)17(3)25(31)29-13-7-8-22(29)24(30)26-14-20-9-11-21(12-10-20)23-19(5)27-15-32-23/h6,9-12,15,17,22H,7-8,13-14H2,1-5H3,(H,26,30)/b16-6-,28-18?. The van der Waals surface area contributed by atoms with Crippen LogP contribution in [0.2, 0.25) is 0 Å². The van der Waals surface area contributed by atoms with Gasteiger partial charge in [-0.15, -0.1) is 11.3 Å². The number of aromatic nitrogens is 1. The molecule has 0 radical (unpaired) electrons. The van der Waals surface area contributed by atoms with Crippen LogP contribution >= 0.6 is 11.3 Å². The van der Waals surface area contributed by atoms with E-state index in [-0.39, 0.29) is 17.7 Å². The van der Waals surface area contributed by atoms with Crippen LogP contribution in [-0.2, 0) is 16.1 Å². The van der Waals surface area contributed by atoms with Crippen molar-refractivity contribution in [3.8, 4) is 10.4 Å². The van der Waals surface area contributed by atoms with Crippen molar-refractivity contribution in [2.75, 3.05) is 6.54 Å². The van der Waals surface area contributed by atoms with Gasteiger partial charge < -0.3 is 10.2 Å². The summed E-state index contributed by atoms with van der Waals surface area (Å²) in [4.78, 5) is 37.6. The Balaban J connectivity index is 1.60. The predicted molar refractivity (Wildman–Crippen MR) is 131 cm³/mol. The molecule has 0 aliphatic carbocycles. The van der Waals surface area contributed by atoms with Crippen LogP contribution in [-0.4, -0.2) is 40.0 Å². The van der Waals surface area contributed by atoms with E-state index in [1.807, 2.05) is 58.3 Å². The highest BCUT2D eigenvalue weighted by atomic mass is 32.1. The maximum absolute atomic E-state index is 13.1. The largest absolute Gasteiger partial charge is 0.350 e. The molecule has 2 atom stereocenters. The predicted octanol–water partition coefficient (Wildman–Crippen LogP) is 4.75. The molecule has 6 nitrogen and oxygen atoms in total. The summed E-state index contributed by atoms with van der Waals surface area (Å²) in [7, 11) is 0. The van der Waals surface area contributed by atoms with Gasteiger partial charge in [0, 0.05) is 24.5 Å². The van der Waals surface area contributed by atoms with Crippen LogP contribution in [0.4, 0.5) is 0 Å². The van der Waals surface area contributed by atoms with Crippen LogP contribution in [0.1, 0.15) is 51.8 Å². The van der Waals surface area contributed by atoms with Gasteiger partial charge in [-0.05, 0) is 58.6 Å². The van der Waals surface area contributed by atoms with Crippen molar-refractivity contribution in [3.63, 3.8) is 0 Å². The van der Waals surface area contributed by atoms with Gasteiger partial charge in [-0.2, -0.15) is 0 Å². The van der Waals surface area contributed by atoms with E-state index in [2.05, 4.69) is 27.4 Å². The maximum Gasteiger partial charge on any atom is 0.243 e. The average Bonchev–Trinajstić information content (AvgIpc) is 3.46. The van der Waals surface area contributed by atoms with Gasteiger partial charge in [-0.1, -0.05) is 30.3 Å². The van der Waals surface area contributed by atoms with Gasteiger partial charge in [-0.25, -0.2) is 4.98 Å². The molecule has 1 saturated heterocycles. The lowest BCUT2D eigenvalue weighted by atomic mass is 10.0. The second-order valence-electron chi connectivity index (χ2n) is 8.28. The zero-order valence-electron chi connectivity index (χ0n) is 19.5. The van der Waals surface area contributed by atoms with Gasteiger partial charge in [0.1, 0.15) is 6.04 Å². The number of nitrogens with one attached hydrogen (secondary N) is 1. The topological polar surface area (TPSA) is 74.7 Å². The number of carbonyl (C=O) groups excluding carboxylic acids is 2. The number of nitrogens with zero attached hydrogens (tertiary/aromatic N) is 3. The summed E-state index contributed by atoms with van der Waals surface area (Å²) < 4.78 is 0. The van der Waals surface area contributed by atoms with Crippen molar-refractivity contribution in [1.82, 2.24) is 15.2 Å². The number of carbonyl (C=O) groups is 2. The van der Waals surface area contributed by atoms with E-state index >= 15 is 0 Å². The van der Waals surface area contributed by atoms with Crippen molar-refractivity contribution in [3.05, 3.63) is 52.8 Å². The molecule has 1 aromatic heterocycles. The first-order valence-electron chi connectivity index (χ1n) is 11.1. The van der Waals surface area contributed by atoms with E-state index in [0.29, 0.717) is 19.5 Å². The Bertz CT molecular complexity index is 1020. The van der Waals surface area contributed by atoms with E-state index < -0.39 is 6.04 Å². The molecule has 1 N–H and O–H groups in total. The Morgan fingerprint density at radius 3 is 2.66 bits per heavy atom. The van der Waals surface area contributed by atoms with Crippen LogP contribution < -0.4 is 5.32 Å². The number of amides is 2. The molecule has 32 heavy (non-hydrogen) atoms. The molecule has 1 aliphatic heterocycles. The van der Waals surface area contributed by atoms with Gasteiger partial charge in [0.25, 0.3) is 0 Å². The third-order valence-corrected chi connectivity index (χ3v) is 7.01. The van der Waals surface area contributed by atoms with Crippen molar-refractivity contribution in [2.24, 2.45) is 10.9 Å². The quantitative estimate of drug-likeness (QED) is 0.616. The summed E-state index contributed by atoms with van der Waals surface area (Å²) in [5.74, 6) is -0.470. The Hall–Kier alpha value is -2.80. The van der Waals surface area contributed by atoms with E-state index in [0.717, 1.165) is 34.7 Å². The molecule has 2 unspecified atom stereocenters. The zero-order valence-corrected chi connectivity index (χ0v) is 20.3. The molecular formula is C25H32N4O2S. The lowest BCUT2D eigenvalue weighted by Crippen LogP contribution is -2.48. The van der Waals surface area contributed by atoms with E-state index in [4.69, 9.17) is 0 Å². The molecule has 2 aromatic rings. The van der Waals surface area contributed by atoms with Gasteiger partial charge >= 0.3 is 0 Å². The third kappa shape index (κ3) is 5.51. The first-order chi connectivity index (χ1) is 15.3. The van der Waals surface area contributed by atoms with Gasteiger partial charge in [0.05, 0.1) is 22.0 Å². The van der Waals surface area contributed by atoms with Crippen LogP contribution in [0.25, 0.3) is 10.4 Å². The monoisotopic (exact) mass is 452 g/mol. The number of benzene rings is 1. The lowest BCUT2D eigenvalue weighted by Gasteiger charge is -2.27. The van der Waals surface area contributed by atoms with E-state index in [1.165, 1.54) is 4.88 Å². The number of allylic oxidation sites excluding steroid dienone is 2. The fourth-order valence-corrected chi connectivity index (χ4v) is 4.64. The molecule has 0 bridgehead atoms. The Morgan fingerprint density at radius 1 is 1.31 bits per heavy atom. The minimum atomic E-state index is -0.417. The minimum absolute atomic E-state index is 0.0305. The molecule has 7 heteroatoms. The van der Waals surface area contributed by atoms with Crippen LogP contribution in [0.5, 0.6) is 0 Å². The lowest BCUT2D eigenvalue weighted by molar-refractivity contribution is -0.139. The number of rotatable bonds is 7. The number of aliphatic imine (C=N–C) groups is 1. The Labute approximate surface area is 194 Å². The van der Waals surface area contributed by atoms with Crippen LogP contribution in [0, 0.1) is 12.8 Å². The fraction of sp³-hybridized carbons (Fsp3) is 0.440. The summed E-state index contributed by atoms with van der Waals surface area (Å²) in [6.45, 7) is 10.6. The van der Waals surface area contributed by atoms with Crippen LogP contribution in [0.3, 0.4) is 0 Å². The number of hydrogen-bond acceptors (Lipinski definition) is 5.